The maximum Gasteiger partial charge on any atom is 0.288 e. The van der Waals surface area contributed by atoms with Gasteiger partial charge in [-0.25, -0.2) is 0 Å². The molecule has 0 bridgehead atoms. The molecule has 0 N–H and O–H groups in total. The van der Waals surface area contributed by atoms with Crippen molar-refractivity contribution in [3.05, 3.63) is 61.6 Å². The third-order valence-corrected chi connectivity index (χ3v) is 3.11. The molecule has 0 aliphatic carbocycles. The lowest BCUT2D eigenvalue weighted by Crippen LogP contribution is -1.90. The van der Waals surface area contributed by atoms with Crippen molar-refractivity contribution in [1.29, 1.82) is 5.26 Å². The molecule has 2 aromatic carbocycles. The molecule has 2 rings (SSSR count). The molecular formula is C13H6BrClN2O3. The molecule has 0 aliphatic heterocycles. The van der Waals surface area contributed by atoms with E-state index >= 15 is 0 Å². The van der Waals surface area contributed by atoms with Gasteiger partial charge in [-0.2, -0.15) is 5.26 Å². The maximum atomic E-state index is 10.7. The average molecular weight is 354 g/mol. The van der Waals surface area contributed by atoms with Crippen LogP contribution < -0.4 is 4.74 Å². The van der Waals surface area contributed by atoms with E-state index in [9.17, 15) is 10.1 Å². The highest BCUT2D eigenvalue weighted by Gasteiger charge is 2.13. The Hall–Kier alpha value is -2.10. The summed E-state index contributed by atoms with van der Waals surface area (Å²) >= 11 is 9.06. The molecule has 5 nitrogen and oxygen atoms in total. The van der Waals surface area contributed by atoms with Crippen LogP contribution in [0.25, 0.3) is 0 Å². The van der Waals surface area contributed by atoms with E-state index in [1.807, 2.05) is 6.07 Å². The first-order valence-corrected chi connectivity index (χ1v) is 6.49. The van der Waals surface area contributed by atoms with Gasteiger partial charge in [0.1, 0.15) is 16.5 Å². The number of hydrogen-bond acceptors (Lipinski definition) is 4. The molecule has 0 aliphatic rings. The second-order valence-electron chi connectivity index (χ2n) is 3.76. The number of nitrogens with zero attached hydrogens (tertiary/aromatic N) is 2. The maximum absolute atomic E-state index is 10.7. The third kappa shape index (κ3) is 3.26. The van der Waals surface area contributed by atoms with Crippen LogP contribution in [-0.2, 0) is 0 Å². The summed E-state index contributed by atoms with van der Waals surface area (Å²) in [6, 6.07) is 10.9. The predicted octanol–water partition coefficient (Wildman–Crippen LogP) is 4.67. The van der Waals surface area contributed by atoms with Crippen molar-refractivity contribution in [1.82, 2.24) is 0 Å². The van der Waals surface area contributed by atoms with E-state index in [1.54, 1.807) is 18.2 Å². The molecule has 0 saturated carbocycles. The molecule has 0 spiro atoms. The highest BCUT2D eigenvalue weighted by molar-refractivity contribution is 9.10. The molecule has 7 heteroatoms. The Kier molecular flexibility index (Phi) is 4.23. The molecule has 100 valence electrons. The zero-order valence-corrected chi connectivity index (χ0v) is 12.2. The molecule has 0 aromatic heterocycles. The average Bonchev–Trinajstić information content (AvgIpc) is 2.37. The van der Waals surface area contributed by atoms with Gasteiger partial charge in [0.15, 0.2) is 0 Å². The molecule has 2 aromatic rings. The largest absolute Gasteiger partial charge is 0.457 e. The summed E-state index contributed by atoms with van der Waals surface area (Å²) in [4.78, 5) is 10.1. The van der Waals surface area contributed by atoms with E-state index < -0.39 is 4.92 Å². The van der Waals surface area contributed by atoms with Crippen LogP contribution in [0.15, 0.2) is 40.9 Å². The van der Waals surface area contributed by atoms with Crippen LogP contribution in [0.1, 0.15) is 5.56 Å². The van der Waals surface area contributed by atoms with Gasteiger partial charge in [-0.05, 0) is 24.3 Å². The highest BCUT2D eigenvalue weighted by Crippen LogP contribution is 2.32. The Labute approximate surface area is 127 Å². The van der Waals surface area contributed by atoms with Crippen molar-refractivity contribution >= 4 is 33.2 Å². The molecule has 0 fully saturated rings. The van der Waals surface area contributed by atoms with Gasteiger partial charge in [0.05, 0.1) is 16.6 Å². The van der Waals surface area contributed by atoms with Crippen LogP contribution in [0.4, 0.5) is 5.69 Å². The molecule has 0 heterocycles. The number of rotatable bonds is 3. The van der Waals surface area contributed by atoms with E-state index in [1.165, 1.54) is 18.2 Å². The number of ether oxygens (including phenoxy) is 1. The molecule has 0 radical (unpaired) electrons. The van der Waals surface area contributed by atoms with Gasteiger partial charge in [-0.1, -0.05) is 27.5 Å². The molecular weight excluding hydrogens is 348 g/mol. The molecule has 20 heavy (non-hydrogen) atoms. The van der Waals surface area contributed by atoms with Gasteiger partial charge in [-0.15, -0.1) is 0 Å². The Balaban J connectivity index is 2.31. The van der Waals surface area contributed by atoms with Crippen molar-refractivity contribution < 1.29 is 9.66 Å². The minimum absolute atomic E-state index is 0.0111. The standard InChI is InChI=1S/C13H6BrClN2O3/c14-9-3-8(7-16)4-11(5-9)20-10-1-2-13(17(18)19)12(15)6-10/h1-6H. The van der Waals surface area contributed by atoms with Crippen LogP contribution >= 0.6 is 27.5 Å². The van der Waals surface area contributed by atoms with Crippen LogP contribution in [0.2, 0.25) is 5.02 Å². The first-order valence-electron chi connectivity index (χ1n) is 5.32. The van der Waals surface area contributed by atoms with Gasteiger partial charge >= 0.3 is 0 Å². The summed E-state index contributed by atoms with van der Waals surface area (Å²) in [7, 11) is 0. The summed E-state index contributed by atoms with van der Waals surface area (Å²) in [5.74, 6) is 0.781. The zero-order chi connectivity index (χ0) is 14.7. The monoisotopic (exact) mass is 352 g/mol. The fourth-order valence-electron chi connectivity index (χ4n) is 1.52. The van der Waals surface area contributed by atoms with Gasteiger partial charge in [-0.3, -0.25) is 10.1 Å². The number of nitro groups is 1. The third-order valence-electron chi connectivity index (χ3n) is 2.35. The Bertz CT molecular complexity index is 728. The number of halogens is 2. The van der Waals surface area contributed by atoms with Gasteiger partial charge in [0, 0.05) is 16.6 Å². The molecule has 0 atom stereocenters. The van der Waals surface area contributed by atoms with E-state index in [0.717, 1.165) is 0 Å². The molecule has 0 amide bonds. The van der Waals surface area contributed by atoms with E-state index in [4.69, 9.17) is 21.6 Å². The Morgan fingerprint density at radius 3 is 2.60 bits per heavy atom. The van der Waals surface area contributed by atoms with Gasteiger partial charge in [0.2, 0.25) is 0 Å². The van der Waals surface area contributed by atoms with Gasteiger partial charge in [0.25, 0.3) is 5.69 Å². The van der Waals surface area contributed by atoms with Crippen molar-refractivity contribution in [2.24, 2.45) is 0 Å². The van der Waals surface area contributed by atoms with Crippen LogP contribution in [0.5, 0.6) is 11.5 Å². The van der Waals surface area contributed by atoms with Crippen LogP contribution in [0.3, 0.4) is 0 Å². The number of benzene rings is 2. The Morgan fingerprint density at radius 1 is 1.25 bits per heavy atom. The van der Waals surface area contributed by atoms with Gasteiger partial charge < -0.3 is 4.74 Å². The van der Waals surface area contributed by atoms with Crippen molar-refractivity contribution in [3.63, 3.8) is 0 Å². The summed E-state index contributed by atoms with van der Waals surface area (Å²) in [5, 5.41) is 19.5. The minimum Gasteiger partial charge on any atom is -0.457 e. The van der Waals surface area contributed by atoms with E-state index in [-0.39, 0.29) is 10.7 Å². The summed E-state index contributed by atoms with van der Waals surface area (Å²) < 4.78 is 6.22. The predicted molar refractivity (Wildman–Crippen MR) is 77.0 cm³/mol. The Morgan fingerprint density at radius 2 is 2.00 bits per heavy atom. The fourth-order valence-corrected chi connectivity index (χ4v) is 2.23. The number of nitro benzene ring substituents is 1. The van der Waals surface area contributed by atoms with Crippen molar-refractivity contribution in [2.75, 3.05) is 0 Å². The highest BCUT2D eigenvalue weighted by atomic mass is 79.9. The first kappa shape index (κ1) is 14.3. The normalized spacial score (nSPS) is 9.85. The second kappa shape index (κ2) is 5.90. The molecule has 0 saturated heterocycles. The van der Waals surface area contributed by atoms with E-state index in [0.29, 0.717) is 21.5 Å². The number of nitriles is 1. The topological polar surface area (TPSA) is 76.2 Å². The fraction of sp³-hybridized carbons (Fsp3) is 0. The van der Waals surface area contributed by atoms with Crippen LogP contribution in [-0.4, -0.2) is 4.92 Å². The lowest BCUT2D eigenvalue weighted by Gasteiger charge is -2.07. The lowest BCUT2D eigenvalue weighted by atomic mass is 10.2. The first-order chi connectivity index (χ1) is 9.49. The molecule has 0 unspecified atom stereocenters. The van der Waals surface area contributed by atoms with Crippen LogP contribution in [0, 0.1) is 21.4 Å². The SMILES string of the molecule is N#Cc1cc(Br)cc(Oc2ccc([N+](=O)[O-])c(Cl)c2)c1. The summed E-state index contributed by atoms with van der Waals surface area (Å²) in [5.41, 5.74) is 0.244. The quantitative estimate of drug-likeness (QED) is 0.593. The number of hydrogen-bond donors (Lipinski definition) is 0. The zero-order valence-electron chi connectivity index (χ0n) is 9.84. The smallest absolute Gasteiger partial charge is 0.288 e. The van der Waals surface area contributed by atoms with E-state index in [2.05, 4.69) is 15.9 Å². The van der Waals surface area contributed by atoms with Crippen molar-refractivity contribution in [3.8, 4) is 17.6 Å². The lowest BCUT2D eigenvalue weighted by molar-refractivity contribution is -0.384. The second-order valence-corrected chi connectivity index (χ2v) is 5.08. The summed E-state index contributed by atoms with van der Waals surface area (Å²) in [6.07, 6.45) is 0. The van der Waals surface area contributed by atoms with Crippen molar-refractivity contribution in [2.45, 2.75) is 0 Å². The summed E-state index contributed by atoms with van der Waals surface area (Å²) in [6.45, 7) is 0. The minimum atomic E-state index is -0.570.